The van der Waals surface area contributed by atoms with Crippen LogP contribution in [0.15, 0.2) is 6.20 Å². The molecule has 2 rings (SSSR count). The molecule has 102 valence electrons. The van der Waals surface area contributed by atoms with Crippen LogP contribution < -0.4 is 10.2 Å². The molecule has 1 heterocycles. The smallest absolute Gasteiger partial charge is 0.185 e. The third-order valence-corrected chi connectivity index (χ3v) is 4.64. The molecular weight excluding hydrogens is 242 g/mol. The molecule has 1 fully saturated rings. The Morgan fingerprint density at radius 1 is 1.44 bits per heavy atom. The summed E-state index contributed by atoms with van der Waals surface area (Å²) in [5, 5.41) is 4.77. The SMILES string of the molecule is CCN(CC)c1ncc(CNC(C)CC2CC2)s1. The van der Waals surface area contributed by atoms with Crippen LogP contribution in [0.2, 0.25) is 0 Å². The minimum absolute atomic E-state index is 0.636. The molecule has 0 aromatic carbocycles. The van der Waals surface area contributed by atoms with Crippen LogP contribution in [0, 0.1) is 5.92 Å². The van der Waals surface area contributed by atoms with Crippen LogP contribution in [0.4, 0.5) is 5.13 Å². The first-order valence-corrected chi connectivity index (χ1v) is 7.97. The largest absolute Gasteiger partial charge is 0.349 e. The van der Waals surface area contributed by atoms with Crippen LogP contribution in [0.3, 0.4) is 0 Å². The summed E-state index contributed by atoms with van der Waals surface area (Å²) in [5.41, 5.74) is 0. The fourth-order valence-electron chi connectivity index (χ4n) is 2.23. The van der Waals surface area contributed by atoms with Gasteiger partial charge in [0, 0.05) is 36.8 Å². The Hall–Kier alpha value is -0.610. The first-order chi connectivity index (χ1) is 8.72. The van der Waals surface area contributed by atoms with Crippen molar-refractivity contribution in [2.75, 3.05) is 18.0 Å². The highest BCUT2D eigenvalue weighted by Gasteiger charge is 2.23. The number of aromatic nitrogens is 1. The van der Waals surface area contributed by atoms with Crippen LogP contribution in [-0.4, -0.2) is 24.1 Å². The van der Waals surface area contributed by atoms with Gasteiger partial charge in [0.15, 0.2) is 5.13 Å². The Labute approximate surface area is 115 Å². The quantitative estimate of drug-likeness (QED) is 0.783. The van der Waals surface area contributed by atoms with Crippen molar-refractivity contribution >= 4 is 16.5 Å². The molecule has 1 aliphatic carbocycles. The highest BCUT2D eigenvalue weighted by Crippen LogP contribution is 2.33. The van der Waals surface area contributed by atoms with Crippen LogP contribution >= 0.6 is 11.3 Å². The van der Waals surface area contributed by atoms with Crippen LogP contribution in [0.1, 0.15) is 44.9 Å². The summed E-state index contributed by atoms with van der Waals surface area (Å²) < 4.78 is 0. The molecule has 1 aromatic rings. The molecule has 0 aliphatic heterocycles. The number of hydrogen-bond acceptors (Lipinski definition) is 4. The van der Waals surface area contributed by atoms with Crippen molar-refractivity contribution < 1.29 is 0 Å². The van der Waals surface area contributed by atoms with Crippen LogP contribution in [0.25, 0.3) is 0 Å². The van der Waals surface area contributed by atoms with Crippen molar-refractivity contribution in [1.82, 2.24) is 10.3 Å². The van der Waals surface area contributed by atoms with Crippen molar-refractivity contribution in [3.63, 3.8) is 0 Å². The Bertz CT molecular complexity index is 356. The zero-order valence-electron chi connectivity index (χ0n) is 11.8. The molecule has 1 N–H and O–H groups in total. The van der Waals surface area contributed by atoms with Gasteiger partial charge in [-0.1, -0.05) is 12.8 Å². The van der Waals surface area contributed by atoms with Gasteiger partial charge in [0.2, 0.25) is 0 Å². The monoisotopic (exact) mass is 267 g/mol. The molecule has 1 unspecified atom stereocenters. The Morgan fingerprint density at radius 2 is 2.17 bits per heavy atom. The van der Waals surface area contributed by atoms with Gasteiger partial charge < -0.3 is 10.2 Å². The molecule has 1 atom stereocenters. The van der Waals surface area contributed by atoms with Gasteiger partial charge in [0.05, 0.1) is 0 Å². The van der Waals surface area contributed by atoms with E-state index in [1.165, 1.54) is 24.1 Å². The molecule has 4 heteroatoms. The predicted molar refractivity (Wildman–Crippen MR) is 79.3 cm³/mol. The first-order valence-electron chi connectivity index (χ1n) is 7.16. The summed E-state index contributed by atoms with van der Waals surface area (Å²) in [7, 11) is 0. The predicted octanol–water partition coefficient (Wildman–Crippen LogP) is 3.27. The highest BCUT2D eigenvalue weighted by molar-refractivity contribution is 7.15. The molecule has 0 amide bonds. The maximum atomic E-state index is 4.51. The second kappa shape index (κ2) is 6.53. The third-order valence-electron chi connectivity index (χ3n) is 3.58. The standard InChI is InChI=1S/C14H25N3S/c1-4-17(5-2)14-16-10-13(18-14)9-15-11(3)8-12-6-7-12/h10-12,15H,4-9H2,1-3H3. The van der Waals surface area contributed by atoms with Gasteiger partial charge in [-0.2, -0.15) is 0 Å². The van der Waals surface area contributed by atoms with Crippen molar-refractivity contribution in [1.29, 1.82) is 0 Å². The number of anilines is 1. The van der Waals surface area contributed by atoms with E-state index in [1.807, 2.05) is 17.5 Å². The van der Waals surface area contributed by atoms with Gasteiger partial charge in [0.1, 0.15) is 0 Å². The molecule has 18 heavy (non-hydrogen) atoms. The summed E-state index contributed by atoms with van der Waals surface area (Å²) in [5.74, 6) is 1.00. The van der Waals surface area contributed by atoms with E-state index in [1.54, 1.807) is 0 Å². The fraction of sp³-hybridized carbons (Fsp3) is 0.786. The van der Waals surface area contributed by atoms with Gasteiger partial charge >= 0.3 is 0 Å². The van der Waals surface area contributed by atoms with Gasteiger partial charge in [-0.05, 0) is 33.1 Å². The Kier molecular flexibility index (Phi) is 5.01. The summed E-state index contributed by atoms with van der Waals surface area (Å²) in [6, 6.07) is 0.636. The van der Waals surface area contributed by atoms with Gasteiger partial charge in [-0.3, -0.25) is 0 Å². The molecule has 1 aromatic heterocycles. The Morgan fingerprint density at radius 3 is 2.78 bits per heavy atom. The molecule has 0 bridgehead atoms. The summed E-state index contributed by atoms with van der Waals surface area (Å²) in [4.78, 5) is 8.17. The third kappa shape index (κ3) is 3.95. The molecule has 1 saturated carbocycles. The van der Waals surface area contributed by atoms with Gasteiger partial charge in [-0.15, -0.1) is 11.3 Å². The summed E-state index contributed by atoms with van der Waals surface area (Å²) >= 11 is 1.82. The van der Waals surface area contributed by atoms with E-state index >= 15 is 0 Å². The van der Waals surface area contributed by atoms with E-state index in [0.717, 1.165) is 30.7 Å². The van der Waals surface area contributed by atoms with Crippen molar-refractivity contribution in [3.8, 4) is 0 Å². The van der Waals surface area contributed by atoms with E-state index in [0.29, 0.717) is 6.04 Å². The number of nitrogens with zero attached hydrogens (tertiary/aromatic N) is 2. The molecular formula is C14H25N3S. The topological polar surface area (TPSA) is 28.2 Å². The second-order valence-electron chi connectivity index (χ2n) is 5.24. The maximum Gasteiger partial charge on any atom is 0.185 e. The lowest BCUT2D eigenvalue weighted by molar-refractivity contribution is 0.489. The molecule has 0 radical (unpaired) electrons. The summed E-state index contributed by atoms with van der Waals surface area (Å²) in [6.45, 7) is 9.70. The van der Waals surface area contributed by atoms with E-state index in [-0.39, 0.29) is 0 Å². The number of rotatable bonds is 8. The zero-order chi connectivity index (χ0) is 13.0. The lowest BCUT2D eigenvalue weighted by Gasteiger charge is -2.16. The number of nitrogens with one attached hydrogen (secondary N) is 1. The lowest BCUT2D eigenvalue weighted by Crippen LogP contribution is -2.25. The maximum absolute atomic E-state index is 4.51. The number of thiazole rings is 1. The van der Waals surface area contributed by atoms with Gasteiger partial charge in [0.25, 0.3) is 0 Å². The second-order valence-corrected chi connectivity index (χ2v) is 6.34. The van der Waals surface area contributed by atoms with E-state index < -0.39 is 0 Å². The zero-order valence-corrected chi connectivity index (χ0v) is 12.6. The molecule has 3 nitrogen and oxygen atoms in total. The minimum atomic E-state index is 0.636. The molecule has 1 aliphatic rings. The van der Waals surface area contributed by atoms with Gasteiger partial charge in [-0.25, -0.2) is 4.98 Å². The number of hydrogen-bond donors (Lipinski definition) is 1. The van der Waals surface area contributed by atoms with Crippen molar-refractivity contribution in [3.05, 3.63) is 11.1 Å². The molecule has 0 spiro atoms. The average Bonchev–Trinajstić information content (AvgIpc) is 3.05. The highest BCUT2D eigenvalue weighted by atomic mass is 32.1. The average molecular weight is 267 g/mol. The first kappa shape index (κ1) is 13.8. The van der Waals surface area contributed by atoms with Crippen molar-refractivity contribution in [2.45, 2.75) is 52.6 Å². The van der Waals surface area contributed by atoms with E-state index in [4.69, 9.17) is 0 Å². The fourth-order valence-corrected chi connectivity index (χ4v) is 3.22. The molecule has 0 saturated heterocycles. The van der Waals surface area contributed by atoms with E-state index in [9.17, 15) is 0 Å². The lowest BCUT2D eigenvalue weighted by atomic mass is 10.1. The summed E-state index contributed by atoms with van der Waals surface area (Å²) in [6.07, 6.45) is 6.24. The minimum Gasteiger partial charge on any atom is -0.349 e. The Balaban J connectivity index is 1.78. The normalized spacial score (nSPS) is 16.8. The van der Waals surface area contributed by atoms with Crippen LogP contribution in [0.5, 0.6) is 0 Å². The van der Waals surface area contributed by atoms with E-state index in [2.05, 4.69) is 36.0 Å². The van der Waals surface area contributed by atoms with Crippen molar-refractivity contribution in [2.24, 2.45) is 5.92 Å². The van der Waals surface area contributed by atoms with Crippen LogP contribution in [-0.2, 0) is 6.54 Å².